The number of hydrogen-bond donors (Lipinski definition) is 1. The zero-order valence-electron chi connectivity index (χ0n) is 13.4. The Bertz CT molecular complexity index is 796. The normalized spacial score (nSPS) is 12.1. The SMILES string of the molecule is N#CCCNC(=O)COC(=O)C1c2ccccc2Oc2ccccc21. The number of nitrogens with one attached hydrogen (secondary N) is 1. The van der Waals surface area contributed by atoms with Gasteiger partial charge in [0.15, 0.2) is 6.61 Å². The first kappa shape index (κ1) is 16.5. The molecule has 0 atom stereocenters. The highest BCUT2D eigenvalue weighted by Gasteiger charge is 2.33. The number of esters is 1. The third-order valence-corrected chi connectivity index (χ3v) is 3.82. The molecule has 126 valence electrons. The number of para-hydroxylation sites is 2. The molecular weight excluding hydrogens is 320 g/mol. The van der Waals surface area contributed by atoms with Crippen LogP contribution in [0.1, 0.15) is 23.5 Å². The number of amides is 1. The van der Waals surface area contributed by atoms with E-state index in [1.807, 2.05) is 42.5 Å². The highest BCUT2D eigenvalue weighted by atomic mass is 16.5. The predicted octanol–water partition coefficient (Wildman–Crippen LogP) is 2.50. The van der Waals surface area contributed by atoms with Crippen LogP contribution >= 0.6 is 0 Å². The van der Waals surface area contributed by atoms with Crippen LogP contribution in [0.2, 0.25) is 0 Å². The van der Waals surface area contributed by atoms with Crippen molar-refractivity contribution in [1.29, 1.82) is 5.26 Å². The van der Waals surface area contributed by atoms with Crippen LogP contribution in [0.5, 0.6) is 11.5 Å². The summed E-state index contributed by atoms with van der Waals surface area (Å²) in [5, 5.41) is 11.0. The standard InChI is InChI=1S/C19H16N2O4/c20-10-5-11-21-17(22)12-24-19(23)18-13-6-1-3-8-15(13)25-16-9-4-2-7-14(16)18/h1-4,6-9,18H,5,11-12H2,(H,21,22). The summed E-state index contributed by atoms with van der Waals surface area (Å²) in [5.41, 5.74) is 1.41. The molecule has 0 saturated heterocycles. The van der Waals surface area contributed by atoms with Crippen molar-refractivity contribution < 1.29 is 19.1 Å². The fraction of sp³-hybridized carbons (Fsp3) is 0.211. The van der Waals surface area contributed by atoms with Crippen molar-refractivity contribution in [2.24, 2.45) is 0 Å². The third kappa shape index (κ3) is 3.61. The largest absolute Gasteiger partial charge is 0.457 e. The minimum absolute atomic E-state index is 0.209. The molecule has 25 heavy (non-hydrogen) atoms. The lowest BCUT2D eigenvalue weighted by atomic mass is 9.88. The molecule has 0 aromatic heterocycles. The maximum atomic E-state index is 12.6. The second kappa shape index (κ2) is 7.49. The summed E-state index contributed by atoms with van der Waals surface area (Å²) in [6.45, 7) is -0.151. The highest BCUT2D eigenvalue weighted by Crippen LogP contribution is 2.44. The Labute approximate surface area is 145 Å². The second-order valence-corrected chi connectivity index (χ2v) is 5.48. The van der Waals surface area contributed by atoms with Crippen molar-refractivity contribution in [2.75, 3.05) is 13.2 Å². The molecule has 6 heteroatoms. The first-order valence-electron chi connectivity index (χ1n) is 7.86. The quantitative estimate of drug-likeness (QED) is 0.669. The number of fused-ring (bicyclic) bond motifs is 2. The van der Waals surface area contributed by atoms with Crippen LogP contribution in [-0.2, 0) is 14.3 Å². The first-order valence-corrected chi connectivity index (χ1v) is 7.86. The number of nitrogens with zero attached hydrogens (tertiary/aromatic N) is 1. The molecule has 0 unspecified atom stereocenters. The molecule has 1 aliphatic rings. The van der Waals surface area contributed by atoms with E-state index in [-0.39, 0.29) is 19.6 Å². The molecule has 0 spiro atoms. The van der Waals surface area contributed by atoms with Gasteiger partial charge < -0.3 is 14.8 Å². The van der Waals surface area contributed by atoms with Gasteiger partial charge in [-0.25, -0.2) is 0 Å². The molecule has 1 aliphatic heterocycles. The molecular formula is C19H16N2O4. The summed E-state index contributed by atoms with van der Waals surface area (Å²) in [4.78, 5) is 24.3. The summed E-state index contributed by atoms with van der Waals surface area (Å²) in [6, 6.07) is 16.4. The Morgan fingerprint density at radius 3 is 2.28 bits per heavy atom. The minimum Gasteiger partial charge on any atom is -0.457 e. The van der Waals surface area contributed by atoms with E-state index in [4.69, 9.17) is 14.7 Å². The van der Waals surface area contributed by atoms with Crippen molar-refractivity contribution in [3.05, 3.63) is 59.7 Å². The lowest BCUT2D eigenvalue weighted by molar-refractivity contribution is -0.149. The van der Waals surface area contributed by atoms with Gasteiger partial charge in [0.2, 0.25) is 0 Å². The maximum absolute atomic E-state index is 12.6. The van der Waals surface area contributed by atoms with Gasteiger partial charge in [-0.3, -0.25) is 9.59 Å². The van der Waals surface area contributed by atoms with Gasteiger partial charge in [-0.05, 0) is 12.1 Å². The van der Waals surface area contributed by atoms with Gasteiger partial charge in [-0.15, -0.1) is 0 Å². The van der Waals surface area contributed by atoms with Crippen LogP contribution in [0.25, 0.3) is 0 Å². The lowest BCUT2D eigenvalue weighted by Gasteiger charge is -2.26. The molecule has 6 nitrogen and oxygen atoms in total. The lowest BCUT2D eigenvalue weighted by Crippen LogP contribution is -2.31. The predicted molar refractivity (Wildman–Crippen MR) is 89.0 cm³/mol. The molecule has 2 aromatic rings. The molecule has 1 N–H and O–H groups in total. The summed E-state index contributed by atoms with van der Waals surface area (Å²) in [5.74, 6) is -0.396. The Kier molecular flexibility index (Phi) is 4.95. The van der Waals surface area contributed by atoms with Crippen LogP contribution in [0.3, 0.4) is 0 Å². The number of carbonyl (C=O) groups is 2. The van der Waals surface area contributed by atoms with E-state index in [0.29, 0.717) is 22.6 Å². The second-order valence-electron chi connectivity index (χ2n) is 5.48. The molecule has 0 bridgehead atoms. The van der Waals surface area contributed by atoms with Crippen LogP contribution in [0, 0.1) is 11.3 Å². The summed E-state index contributed by atoms with van der Waals surface area (Å²) < 4.78 is 11.0. The topological polar surface area (TPSA) is 88.4 Å². The van der Waals surface area contributed by atoms with Gasteiger partial charge in [0.25, 0.3) is 5.91 Å². The van der Waals surface area contributed by atoms with E-state index >= 15 is 0 Å². The number of ether oxygens (including phenoxy) is 2. The van der Waals surface area contributed by atoms with Gasteiger partial charge in [0, 0.05) is 17.7 Å². The monoisotopic (exact) mass is 336 g/mol. The molecule has 2 aromatic carbocycles. The summed E-state index contributed by atoms with van der Waals surface area (Å²) >= 11 is 0. The number of hydrogen-bond acceptors (Lipinski definition) is 5. The van der Waals surface area contributed by atoms with E-state index in [2.05, 4.69) is 5.32 Å². The Morgan fingerprint density at radius 2 is 1.68 bits per heavy atom. The maximum Gasteiger partial charge on any atom is 0.318 e. The van der Waals surface area contributed by atoms with Gasteiger partial charge in [-0.2, -0.15) is 5.26 Å². The van der Waals surface area contributed by atoms with E-state index in [1.165, 1.54) is 0 Å². The van der Waals surface area contributed by atoms with Gasteiger partial charge in [-0.1, -0.05) is 36.4 Å². The minimum atomic E-state index is -0.645. The Balaban J connectivity index is 1.76. The van der Waals surface area contributed by atoms with Gasteiger partial charge in [0.05, 0.1) is 12.5 Å². The van der Waals surface area contributed by atoms with E-state index in [1.54, 1.807) is 12.1 Å². The first-order chi connectivity index (χ1) is 12.2. The van der Waals surface area contributed by atoms with Gasteiger partial charge >= 0.3 is 5.97 Å². The molecule has 0 saturated carbocycles. The van der Waals surface area contributed by atoms with Crippen LogP contribution in [0.15, 0.2) is 48.5 Å². The molecule has 1 heterocycles. The number of nitriles is 1. The van der Waals surface area contributed by atoms with Crippen molar-refractivity contribution in [3.63, 3.8) is 0 Å². The average molecular weight is 336 g/mol. The van der Waals surface area contributed by atoms with E-state index < -0.39 is 17.8 Å². The van der Waals surface area contributed by atoms with Crippen LogP contribution < -0.4 is 10.1 Å². The fourth-order valence-corrected chi connectivity index (χ4v) is 2.69. The zero-order valence-corrected chi connectivity index (χ0v) is 13.4. The average Bonchev–Trinajstić information content (AvgIpc) is 2.64. The van der Waals surface area contributed by atoms with Crippen molar-refractivity contribution in [2.45, 2.75) is 12.3 Å². The molecule has 3 rings (SSSR count). The van der Waals surface area contributed by atoms with E-state index in [9.17, 15) is 9.59 Å². The Hall–Kier alpha value is -3.33. The smallest absolute Gasteiger partial charge is 0.318 e. The number of rotatable bonds is 5. The number of carbonyl (C=O) groups excluding carboxylic acids is 2. The van der Waals surface area contributed by atoms with Crippen molar-refractivity contribution >= 4 is 11.9 Å². The third-order valence-electron chi connectivity index (χ3n) is 3.82. The highest BCUT2D eigenvalue weighted by molar-refractivity contribution is 5.87. The summed E-state index contributed by atoms with van der Waals surface area (Å²) in [7, 11) is 0. The number of benzene rings is 2. The zero-order chi connectivity index (χ0) is 17.6. The van der Waals surface area contributed by atoms with E-state index in [0.717, 1.165) is 0 Å². The van der Waals surface area contributed by atoms with Crippen LogP contribution in [0.4, 0.5) is 0 Å². The van der Waals surface area contributed by atoms with Crippen molar-refractivity contribution in [3.8, 4) is 17.6 Å². The van der Waals surface area contributed by atoms with Gasteiger partial charge in [0.1, 0.15) is 17.4 Å². The van der Waals surface area contributed by atoms with Crippen LogP contribution in [-0.4, -0.2) is 25.0 Å². The molecule has 0 fully saturated rings. The Morgan fingerprint density at radius 1 is 1.08 bits per heavy atom. The summed E-state index contributed by atoms with van der Waals surface area (Å²) in [6.07, 6.45) is 0.209. The molecule has 1 amide bonds. The van der Waals surface area contributed by atoms with Crippen molar-refractivity contribution in [1.82, 2.24) is 5.32 Å². The molecule has 0 aliphatic carbocycles. The fourth-order valence-electron chi connectivity index (χ4n) is 2.69. The molecule has 0 radical (unpaired) electrons.